The molecule has 1 aromatic heterocycles. The number of benzene rings is 2. The summed E-state index contributed by atoms with van der Waals surface area (Å²) in [5.74, 6) is -0.613. The predicted octanol–water partition coefficient (Wildman–Crippen LogP) is 3.26. The fourth-order valence-corrected chi connectivity index (χ4v) is 2.17. The molecule has 1 amide bonds. The Labute approximate surface area is 127 Å². The van der Waals surface area contributed by atoms with Crippen molar-refractivity contribution in [3.8, 4) is 0 Å². The number of fused-ring (bicyclic) bond motifs is 1. The zero-order chi connectivity index (χ0) is 15.5. The normalized spacial score (nSPS) is 12.1. The Morgan fingerprint density at radius 3 is 2.50 bits per heavy atom. The molecule has 0 radical (unpaired) electrons. The number of hydrogen-bond acceptors (Lipinski definition) is 3. The molecule has 0 saturated heterocycles. The van der Waals surface area contributed by atoms with Gasteiger partial charge in [-0.1, -0.05) is 24.3 Å². The van der Waals surface area contributed by atoms with Crippen molar-refractivity contribution in [1.82, 2.24) is 15.3 Å². The standard InChI is InChI=1S/C17H14FN3O/c1-11(12-6-8-13(18)9-7-12)20-17(22)16-10-19-14-4-2-3-5-15(14)21-16/h2-11H,1H3,(H,20,22). The van der Waals surface area contributed by atoms with Gasteiger partial charge in [-0.05, 0) is 36.8 Å². The van der Waals surface area contributed by atoms with Crippen LogP contribution in [0.25, 0.3) is 11.0 Å². The molecule has 2 aromatic carbocycles. The molecule has 5 heteroatoms. The van der Waals surface area contributed by atoms with Gasteiger partial charge in [0.25, 0.3) is 5.91 Å². The second-order valence-electron chi connectivity index (χ2n) is 4.99. The number of nitrogens with one attached hydrogen (secondary N) is 1. The molecule has 1 atom stereocenters. The van der Waals surface area contributed by atoms with Crippen molar-refractivity contribution in [2.24, 2.45) is 0 Å². The summed E-state index contributed by atoms with van der Waals surface area (Å²) in [6.45, 7) is 1.83. The highest BCUT2D eigenvalue weighted by Crippen LogP contribution is 2.14. The molecule has 1 N–H and O–H groups in total. The largest absolute Gasteiger partial charge is 0.344 e. The number of nitrogens with zero attached hydrogens (tertiary/aromatic N) is 2. The van der Waals surface area contributed by atoms with Crippen molar-refractivity contribution in [1.29, 1.82) is 0 Å². The van der Waals surface area contributed by atoms with Gasteiger partial charge in [0.2, 0.25) is 0 Å². The third-order valence-corrected chi connectivity index (χ3v) is 3.40. The molecular formula is C17H14FN3O. The minimum absolute atomic E-state index is 0.249. The van der Waals surface area contributed by atoms with Gasteiger partial charge in [-0.3, -0.25) is 9.78 Å². The molecular weight excluding hydrogens is 281 g/mol. The quantitative estimate of drug-likeness (QED) is 0.807. The van der Waals surface area contributed by atoms with Crippen LogP contribution in [-0.2, 0) is 0 Å². The van der Waals surface area contributed by atoms with Gasteiger partial charge in [-0.25, -0.2) is 9.37 Å². The lowest BCUT2D eigenvalue weighted by Crippen LogP contribution is -2.27. The van der Waals surface area contributed by atoms with Crippen molar-refractivity contribution < 1.29 is 9.18 Å². The molecule has 0 aliphatic rings. The van der Waals surface area contributed by atoms with Crippen LogP contribution in [0.3, 0.4) is 0 Å². The van der Waals surface area contributed by atoms with Crippen LogP contribution in [0.2, 0.25) is 0 Å². The summed E-state index contributed by atoms with van der Waals surface area (Å²) in [5, 5.41) is 2.83. The smallest absolute Gasteiger partial charge is 0.271 e. The van der Waals surface area contributed by atoms with E-state index in [9.17, 15) is 9.18 Å². The van der Waals surface area contributed by atoms with E-state index in [0.717, 1.165) is 11.1 Å². The van der Waals surface area contributed by atoms with E-state index >= 15 is 0 Å². The number of carbonyl (C=O) groups excluding carboxylic acids is 1. The van der Waals surface area contributed by atoms with Gasteiger partial charge in [0.15, 0.2) is 0 Å². The number of amides is 1. The lowest BCUT2D eigenvalue weighted by molar-refractivity contribution is 0.0935. The summed E-state index contributed by atoms with van der Waals surface area (Å²) in [6.07, 6.45) is 1.45. The molecule has 0 spiro atoms. The topological polar surface area (TPSA) is 54.9 Å². The van der Waals surface area contributed by atoms with Crippen LogP contribution in [0, 0.1) is 5.82 Å². The zero-order valence-corrected chi connectivity index (χ0v) is 12.0. The Morgan fingerprint density at radius 1 is 1.09 bits per heavy atom. The lowest BCUT2D eigenvalue weighted by atomic mass is 10.1. The summed E-state index contributed by atoms with van der Waals surface area (Å²) < 4.78 is 12.9. The Kier molecular flexibility index (Phi) is 3.78. The molecule has 4 nitrogen and oxygen atoms in total. The third-order valence-electron chi connectivity index (χ3n) is 3.40. The van der Waals surface area contributed by atoms with Crippen LogP contribution < -0.4 is 5.32 Å². The molecule has 0 fully saturated rings. The molecule has 1 unspecified atom stereocenters. The summed E-state index contributed by atoms with van der Waals surface area (Å²) in [5.41, 5.74) is 2.49. The van der Waals surface area contributed by atoms with E-state index in [2.05, 4.69) is 15.3 Å². The van der Waals surface area contributed by atoms with Gasteiger partial charge in [-0.2, -0.15) is 0 Å². The molecule has 1 heterocycles. The van der Waals surface area contributed by atoms with E-state index in [1.807, 2.05) is 31.2 Å². The molecule has 0 aliphatic carbocycles. The monoisotopic (exact) mass is 295 g/mol. The Hall–Kier alpha value is -2.82. The first-order chi connectivity index (χ1) is 10.6. The van der Waals surface area contributed by atoms with Crippen LogP contribution in [0.1, 0.15) is 29.0 Å². The number of carbonyl (C=O) groups is 1. The van der Waals surface area contributed by atoms with Crippen LogP contribution in [0.4, 0.5) is 4.39 Å². The molecule has 0 saturated carbocycles. The van der Waals surface area contributed by atoms with E-state index in [1.54, 1.807) is 12.1 Å². The van der Waals surface area contributed by atoms with E-state index in [4.69, 9.17) is 0 Å². The summed E-state index contributed by atoms with van der Waals surface area (Å²) in [4.78, 5) is 20.8. The predicted molar refractivity (Wildman–Crippen MR) is 81.8 cm³/mol. The number of rotatable bonds is 3. The maximum atomic E-state index is 12.9. The van der Waals surface area contributed by atoms with Crippen molar-refractivity contribution in [3.05, 3.63) is 71.8 Å². The van der Waals surface area contributed by atoms with Gasteiger partial charge < -0.3 is 5.32 Å². The molecule has 3 rings (SSSR count). The third kappa shape index (κ3) is 2.93. The lowest BCUT2D eigenvalue weighted by Gasteiger charge is -2.14. The first-order valence-corrected chi connectivity index (χ1v) is 6.91. The van der Waals surface area contributed by atoms with Gasteiger partial charge >= 0.3 is 0 Å². The van der Waals surface area contributed by atoms with Gasteiger partial charge in [-0.15, -0.1) is 0 Å². The van der Waals surface area contributed by atoms with Gasteiger partial charge in [0.1, 0.15) is 11.5 Å². The van der Waals surface area contributed by atoms with Crippen LogP contribution >= 0.6 is 0 Å². The molecule has 22 heavy (non-hydrogen) atoms. The van der Waals surface area contributed by atoms with E-state index in [0.29, 0.717) is 5.52 Å². The highest BCUT2D eigenvalue weighted by molar-refractivity contribution is 5.93. The maximum Gasteiger partial charge on any atom is 0.271 e. The maximum absolute atomic E-state index is 12.9. The molecule has 110 valence electrons. The summed E-state index contributed by atoms with van der Waals surface area (Å²) >= 11 is 0. The van der Waals surface area contributed by atoms with Crippen molar-refractivity contribution in [2.75, 3.05) is 0 Å². The summed E-state index contributed by atoms with van der Waals surface area (Å²) in [6, 6.07) is 13.1. The number of halogens is 1. The average molecular weight is 295 g/mol. The van der Waals surface area contributed by atoms with Crippen LogP contribution in [-0.4, -0.2) is 15.9 Å². The van der Waals surface area contributed by atoms with Crippen molar-refractivity contribution >= 4 is 16.9 Å². The second-order valence-corrected chi connectivity index (χ2v) is 4.99. The van der Waals surface area contributed by atoms with Crippen LogP contribution in [0.15, 0.2) is 54.7 Å². The van der Waals surface area contributed by atoms with E-state index < -0.39 is 0 Å². The minimum atomic E-state index is -0.310. The Bertz CT molecular complexity index is 818. The fourth-order valence-electron chi connectivity index (χ4n) is 2.17. The Morgan fingerprint density at radius 2 is 1.77 bits per heavy atom. The Balaban J connectivity index is 1.79. The number of aromatic nitrogens is 2. The van der Waals surface area contributed by atoms with Crippen molar-refractivity contribution in [2.45, 2.75) is 13.0 Å². The number of para-hydroxylation sites is 2. The SMILES string of the molecule is CC(NC(=O)c1cnc2ccccc2n1)c1ccc(F)cc1. The highest BCUT2D eigenvalue weighted by atomic mass is 19.1. The highest BCUT2D eigenvalue weighted by Gasteiger charge is 2.13. The van der Waals surface area contributed by atoms with E-state index in [-0.39, 0.29) is 23.5 Å². The molecule has 0 bridgehead atoms. The first kappa shape index (κ1) is 14.1. The fraction of sp³-hybridized carbons (Fsp3) is 0.118. The first-order valence-electron chi connectivity index (χ1n) is 6.91. The second kappa shape index (κ2) is 5.89. The van der Waals surface area contributed by atoms with E-state index in [1.165, 1.54) is 18.3 Å². The summed E-state index contributed by atoms with van der Waals surface area (Å²) in [7, 11) is 0. The van der Waals surface area contributed by atoms with Gasteiger partial charge in [0, 0.05) is 0 Å². The van der Waals surface area contributed by atoms with Crippen molar-refractivity contribution in [3.63, 3.8) is 0 Å². The van der Waals surface area contributed by atoms with Gasteiger partial charge in [0.05, 0.1) is 23.3 Å². The molecule has 3 aromatic rings. The number of hydrogen-bond donors (Lipinski definition) is 1. The molecule has 0 aliphatic heterocycles. The van der Waals surface area contributed by atoms with Crippen LogP contribution in [0.5, 0.6) is 0 Å². The zero-order valence-electron chi connectivity index (χ0n) is 12.0. The minimum Gasteiger partial charge on any atom is -0.344 e. The average Bonchev–Trinajstić information content (AvgIpc) is 2.55.